The van der Waals surface area contributed by atoms with E-state index in [2.05, 4.69) is 51.1 Å². The van der Waals surface area contributed by atoms with E-state index in [1.54, 1.807) is 5.57 Å². The molecule has 0 nitrogen and oxygen atoms in total. The molecule has 0 N–H and O–H groups in total. The van der Waals surface area contributed by atoms with Crippen LogP contribution in [0.3, 0.4) is 0 Å². The Morgan fingerprint density at radius 2 is 1.94 bits per heavy atom. The highest BCUT2D eigenvalue weighted by Crippen LogP contribution is 2.55. The number of allylic oxidation sites excluding steroid dienone is 1. The predicted octanol–water partition coefficient (Wildman–Crippen LogP) is 4.98. The second-order valence-corrected chi connectivity index (χ2v) is 5.42. The van der Waals surface area contributed by atoms with Crippen molar-refractivity contribution in [2.45, 2.75) is 46.5 Å². The molecule has 86 valence electrons. The van der Waals surface area contributed by atoms with Crippen LogP contribution in [0.2, 0.25) is 0 Å². The van der Waals surface area contributed by atoms with Crippen molar-refractivity contribution in [3.8, 4) is 0 Å². The summed E-state index contributed by atoms with van der Waals surface area (Å²) in [6, 6.07) is 8.83. The molecule has 0 aliphatic heterocycles. The van der Waals surface area contributed by atoms with Gasteiger partial charge in [0.25, 0.3) is 0 Å². The molecule has 0 aromatic heterocycles. The van der Waals surface area contributed by atoms with Gasteiger partial charge in [-0.15, -0.1) is 0 Å². The molecule has 1 aromatic carbocycles. The largest absolute Gasteiger partial charge is 0.0654 e. The van der Waals surface area contributed by atoms with Gasteiger partial charge in [-0.3, -0.25) is 0 Å². The molecule has 0 bridgehead atoms. The molecule has 1 aromatic rings. The molecule has 0 heterocycles. The SMILES string of the molecule is CCCC[C@@]1(C)C/C1=C\c1ccc(C)cc1. The minimum Gasteiger partial charge on any atom is -0.0654 e. The third-order valence-corrected chi connectivity index (χ3v) is 3.73. The molecule has 0 heteroatoms. The quantitative estimate of drug-likeness (QED) is 0.663. The summed E-state index contributed by atoms with van der Waals surface area (Å²) in [7, 11) is 0. The number of unbranched alkanes of at least 4 members (excludes halogenated alkanes) is 1. The monoisotopic (exact) mass is 214 g/mol. The molecule has 1 fully saturated rings. The van der Waals surface area contributed by atoms with Crippen molar-refractivity contribution in [3.63, 3.8) is 0 Å². The Bertz CT molecular complexity index is 383. The van der Waals surface area contributed by atoms with Crippen LogP contribution in [0.1, 0.15) is 50.7 Å². The van der Waals surface area contributed by atoms with Gasteiger partial charge in [-0.05, 0) is 30.7 Å². The van der Waals surface area contributed by atoms with E-state index in [1.807, 2.05) is 0 Å². The Labute approximate surface area is 99.4 Å². The van der Waals surface area contributed by atoms with Crippen LogP contribution < -0.4 is 0 Å². The Morgan fingerprint density at radius 1 is 1.25 bits per heavy atom. The maximum absolute atomic E-state index is 2.41. The van der Waals surface area contributed by atoms with Crippen LogP contribution in [0.4, 0.5) is 0 Å². The van der Waals surface area contributed by atoms with Crippen molar-refractivity contribution in [1.29, 1.82) is 0 Å². The highest BCUT2D eigenvalue weighted by Gasteiger charge is 2.42. The summed E-state index contributed by atoms with van der Waals surface area (Å²) >= 11 is 0. The van der Waals surface area contributed by atoms with Crippen LogP contribution in [0.5, 0.6) is 0 Å². The van der Waals surface area contributed by atoms with Crippen LogP contribution in [0, 0.1) is 12.3 Å². The first-order valence-electron chi connectivity index (χ1n) is 6.42. The molecule has 1 aliphatic carbocycles. The van der Waals surface area contributed by atoms with Gasteiger partial charge >= 0.3 is 0 Å². The maximum Gasteiger partial charge on any atom is -0.00753 e. The van der Waals surface area contributed by atoms with E-state index in [-0.39, 0.29) is 0 Å². The van der Waals surface area contributed by atoms with E-state index >= 15 is 0 Å². The number of hydrogen-bond donors (Lipinski definition) is 0. The van der Waals surface area contributed by atoms with Crippen molar-refractivity contribution in [2.24, 2.45) is 5.41 Å². The fraction of sp³-hybridized carbons (Fsp3) is 0.500. The zero-order valence-electron chi connectivity index (χ0n) is 10.7. The third kappa shape index (κ3) is 2.55. The summed E-state index contributed by atoms with van der Waals surface area (Å²) in [5.41, 5.74) is 4.87. The predicted molar refractivity (Wildman–Crippen MR) is 71.4 cm³/mol. The molecule has 0 spiro atoms. The smallest absolute Gasteiger partial charge is 0.00753 e. The van der Waals surface area contributed by atoms with Crippen molar-refractivity contribution in [1.82, 2.24) is 0 Å². The highest BCUT2D eigenvalue weighted by molar-refractivity contribution is 5.60. The average molecular weight is 214 g/mol. The Kier molecular flexibility index (Phi) is 3.18. The average Bonchev–Trinajstić information content (AvgIpc) is 2.90. The van der Waals surface area contributed by atoms with E-state index in [1.165, 1.54) is 36.8 Å². The normalized spacial score (nSPS) is 26.1. The van der Waals surface area contributed by atoms with Gasteiger partial charge in [-0.25, -0.2) is 0 Å². The van der Waals surface area contributed by atoms with Crippen LogP contribution in [-0.2, 0) is 0 Å². The molecule has 0 amide bonds. The van der Waals surface area contributed by atoms with Crippen LogP contribution in [0.25, 0.3) is 6.08 Å². The van der Waals surface area contributed by atoms with Gasteiger partial charge < -0.3 is 0 Å². The van der Waals surface area contributed by atoms with Crippen LogP contribution in [-0.4, -0.2) is 0 Å². The minimum absolute atomic E-state index is 0.529. The van der Waals surface area contributed by atoms with Crippen molar-refractivity contribution in [2.75, 3.05) is 0 Å². The molecule has 0 saturated heterocycles. The summed E-state index contributed by atoms with van der Waals surface area (Å²) in [5, 5.41) is 0. The zero-order chi connectivity index (χ0) is 11.6. The van der Waals surface area contributed by atoms with Gasteiger partial charge in [-0.1, -0.05) is 68.2 Å². The molecule has 1 aliphatic rings. The van der Waals surface area contributed by atoms with Gasteiger partial charge in [0.05, 0.1) is 0 Å². The Morgan fingerprint density at radius 3 is 2.56 bits per heavy atom. The molecule has 1 atom stereocenters. The lowest BCUT2D eigenvalue weighted by molar-refractivity contribution is 0.513. The molecule has 2 rings (SSSR count). The lowest BCUT2D eigenvalue weighted by Crippen LogP contribution is -1.92. The van der Waals surface area contributed by atoms with Gasteiger partial charge in [0.15, 0.2) is 0 Å². The molecular weight excluding hydrogens is 192 g/mol. The summed E-state index contributed by atoms with van der Waals surface area (Å²) in [4.78, 5) is 0. The van der Waals surface area contributed by atoms with Gasteiger partial charge in [0, 0.05) is 0 Å². The first kappa shape index (κ1) is 11.4. The number of hydrogen-bond acceptors (Lipinski definition) is 0. The third-order valence-electron chi connectivity index (χ3n) is 3.73. The standard InChI is InChI=1S/C16H22/c1-4-5-10-16(3)12-15(16)11-14-8-6-13(2)7-9-14/h6-9,11H,4-5,10,12H2,1-3H3/b15-11+/t16-/m0/s1. The first-order valence-corrected chi connectivity index (χ1v) is 6.42. The molecular formula is C16H22. The number of aryl methyl sites for hydroxylation is 1. The summed E-state index contributed by atoms with van der Waals surface area (Å²) < 4.78 is 0. The second kappa shape index (κ2) is 4.45. The van der Waals surface area contributed by atoms with Crippen LogP contribution in [0.15, 0.2) is 29.8 Å². The fourth-order valence-corrected chi connectivity index (χ4v) is 2.28. The van der Waals surface area contributed by atoms with Gasteiger partial charge in [0.1, 0.15) is 0 Å². The molecule has 1 saturated carbocycles. The van der Waals surface area contributed by atoms with Crippen molar-refractivity contribution >= 4 is 6.08 Å². The number of rotatable bonds is 4. The van der Waals surface area contributed by atoms with Crippen LogP contribution >= 0.6 is 0 Å². The molecule has 0 radical (unpaired) electrons. The second-order valence-electron chi connectivity index (χ2n) is 5.42. The lowest BCUT2D eigenvalue weighted by Gasteiger charge is -2.05. The van der Waals surface area contributed by atoms with E-state index < -0.39 is 0 Å². The fourth-order valence-electron chi connectivity index (χ4n) is 2.28. The van der Waals surface area contributed by atoms with E-state index in [4.69, 9.17) is 0 Å². The minimum atomic E-state index is 0.529. The maximum atomic E-state index is 2.41. The zero-order valence-corrected chi connectivity index (χ0v) is 10.7. The first-order chi connectivity index (χ1) is 7.64. The Hall–Kier alpha value is -1.04. The van der Waals surface area contributed by atoms with E-state index in [9.17, 15) is 0 Å². The van der Waals surface area contributed by atoms with Crippen molar-refractivity contribution in [3.05, 3.63) is 41.0 Å². The summed E-state index contributed by atoms with van der Waals surface area (Å²) in [6.45, 7) is 6.82. The highest BCUT2D eigenvalue weighted by atomic mass is 14.5. The summed E-state index contributed by atoms with van der Waals surface area (Å²) in [5.74, 6) is 0. The number of benzene rings is 1. The van der Waals surface area contributed by atoms with Crippen molar-refractivity contribution < 1.29 is 0 Å². The van der Waals surface area contributed by atoms with E-state index in [0.29, 0.717) is 5.41 Å². The summed E-state index contributed by atoms with van der Waals surface area (Å²) in [6.07, 6.45) is 7.73. The van der Waals surface area contributed by atoms with Gasteiger partial charge in [0.2, 0.25) is 0 Å². The topological polar surface area (TPSA) is 0 Å². The lowest BCUT2D eigenvalue weighted by atomic mass is 10.00. The molecule has 16 heavy (non-hydrogen) atoms. The Balaban J connectivity index is 2.02. The molecule has 0 unspecified atom stereocenters. The van der Waals surface area contributed by atoms with Gasteiger partial charge in [-0.2, -0.15) is 0 Å². The van der Waals surface area contributed by atoms with E-state index in [0.717, 1.165) is 0 Å².